The Hall–Kier alpha value is -4.62. The number of benzene rings is 3. The van der Waals surface area contributed by atoms with Crippen molar-refractivity contribution in [3.8, 4) is 11.5 Å². The van der Waals surface area contributed by atoms with Gasteiger partial charge in [0.2, 0.25) is 23.6 Å². The van der Waals surface area contributed by atoms with Gasteiger partial charge in [-0.05, 0) is 201 Å². The zero-order chi connectivity index (χ0) is 55.5. The van der Waals surface area contributed by atoms with Gasteiger partial charge in [0.25, 0.3) is 0 Å². The molecular weight excluding hydrogens is 993 g/mol. The highest BCUT2D eigenvalue weighted by Gasteiger charge is 2.72. The molecule has 2 N–H and O–H groups in total. The number of carbonyl (C=O) groups is 4. The quantitative estimate of drug-likeness (QED) is 0.225. The summed E-state index contributed by atoms with van der Waals surface area (Å²) in [4.78, 5) is 60.2. The summed E-state index contributed by atoms with van der Waals surface area (Å²) in [5.74, 6) is -0.681. The number of hydrogen-bond donors (Lipinski definition) is 2. The molecule has 13 aliphatic rings. The van der Waals surface area contributed by atoms with Gasteiger partial charge >= 0.3 is 0 Å². The Labute approximate surface area is 466 Å². The van der Waals surface area contributed by atoms with Crippen molar-refractivity contribution in [1.29, 1.82) is 0 Å². The van der Waals surface area contributed by atoms with E-state index in [1.165, 1.54) is 9.80 Å². The standard InChI is InChI=1S/C67H82N2O10/c1-61(2,3)45-21-39-41(23-47(45)70)66(12)36-16-14-13-15-35(36)65(39,11)42-24-48(71)46(22-40(42)66)68-57(72)31-17-49-50(18-32(31)58(68)73)78-55-27-43-37(25-53(55)76-49)63(7,8)29-67(43)30-64(9,10)38-26-54-56(28-44(38)67)79-52-20-34-33(19-51(52)77-54)59(74)69(60(34)75)62(4,5)6/h13-16,21-24,31-34,37-38,43-44,49-56,70-71H,17-20,25-30H2,1-12H3. The minimum atomic E-state index is -0.751. The molecule has 16 rings (SSSR count). The zero-order valence-electron chi connectivity index (χ0n) is 48.5. The van der Waals surface area contributed by atoms with Crippen LogP contribution in [0.1, 0.15) is 186 Å². The molecule has 420 valence electrons. The molecule has 0 radical (unpaired) electrons. The first-order chi connectivity index (χ1) is 37.1. The van der Waals surface area contributed by atoms with Crippen LogP contribution in [0.5, 0.6) is 11.5 Å². The fourth-order valence-corrected chi connectivity index (χ4v) is 21.1. The Morgan fingerprint density at radius 3 is 1.22 bits per heavy atom. The lowest BCUT2D eigenvalue weighted by molar-refractivity contribution is -0.266. The lowest BCUT2D eigenvalue weighted by atomic mass is 9.48. The number of likely N-dealkylation sites (tertiary alicyclic amines) is 1. The van der Waals surface area contributed by atoms with E-state index in [0.29, 0.717) is 49.4 Å². The Morgan fingerprint density at radius 1 is 0.456 bits per heavy atom. The molecule has 12 nitrogen and oxygen atoms in total. The minimum absolute atomic E-state index is 0.0331. The summed E-state index contributed by atoms with van der Waals surface area (Å²) in [5.41, 5.74) is 5.15. The SMILES string of the molecule is CC(C)(C)c1cc2c(cc1O)C1(C)c3ccccc3C2(C)c2cc(O)c(N3C(=O)C4CC5OC6CC7C(CC6OC5CC4C3=O)C3(CC7(C)C)CC(C)(C)C4CC5OC6CC7C(=O)N(C(C)(C)C)C(=O)C7CC6OC5CC43)cc21. The van der Waals surface area contributed by atoms with Crippen LogP contribution in [-0.2, 0) is 54.4 Å². The van der Waals surface area contributed by atoms with Crippen molar-refractivity contribution < 1.29 is 48.3 Å². The van der Waals surface area contributed by atoms with E-state index in [1.807, 2.05) is 39.0 Å². The summed E-state index contributed by atoms with van der Waals surface area (Å²) in [6.45, 7) is 26.4. The number of anilines is 1. The van der Waals surface area contributed by atoms with Gasteiger partial charge in [0, 0.05) is 16.4 Å². The van der Waals surface area contributed by atoms with Crippen molar-refractivity contribution in [3.63, 3.8) is 0 Å². The molecule has 19 atom stereocenters. The second kappa shape index (κ2) is 15.9. The molecule has 19 unspecified atom stereocenters. The highest BCUT2D eigenvalue weighted by atomic mass is 16.6. The molecule has 9 aliphatic carbocycles. The van der Waals surface area contributed by atoms with E-state index in [-0.39, 0.29) is 123 Å². The minimum Gasteiger partial charge on any atom is -0.508 e. The summed E-state index contributed by atoms with van der Waals surface area (Å²) in [6, 6.07) is 16.2. The number of fused-ring (bicyclic) bond motifs is 10. The summed E-state index contributed by atoms with van der Waals surface area (Å²) < 4.78 is 28.8. The lowest BCUT2D eigenvalue weighted by Crippen LogP contribution is -2.59. The molecule has 12 heteroatoms. The van der Waals surface area contributed by atoms with Gasteiger partial charge < -0.3 is 29.2 Å². The number of ether oxygens (including phenoxy) is 4. The second-order valence-corrected chi connectivity index (χ2v) is 31.2. The van der Waals surface area contributed by atoms with Crippen molar-refractivity contribution in [2.24, 2.45) is 63.6 Å². The predicted molar refractivity (Wildman–Crippen MR) is 295 cm³/mol. The van der Waals surface area contributed by atoms with E-state index in [1.54, 1.807) is 6.07 Å². The van der Waals surface area contributed by atoms with E-state index in [9.17, 15) is 24.6 Å². The number of aromatic hydroxyl groups is 2. The number of imide groups is 2. The van der Waals surface area contributed by atoms with Crippen LogP contribution in [0.4, 0.5) is 5.69 Å². The first kappa shape index (κ1) is 51.3. The Bertz CT molecular complexity index is 3220. The van der Waals surface area contributed by atoms with E-state index < -0.39 is 28.2 Å². The van der Waals surface area contributed by atoms with Crippen LogP contribution in [0.3, 0.4) is 0 Å². The monoisotopic (exact) mass is 1070 g/mol. The van der Waals surface area contributed by atoms with Gasteiger partial charge in [-0.2, -0.15) is 0 Å². The number of hydrogen-bond acceptors (Lipinski definition) is 10. The first-order valence-electron chi connectivity index (χ1n) is 30.3. The second-order valence-electron chi connectivity index (χ2n) is 31.2. The first-order valence-corrected chi connectivity index (χ1v) is 30.3. The van der Waals surface area contributed by atoms with Gasteiger partial charge in [0.1, 0.15) is 11.5 Å². The normalized spacial score (nSPS) is 43.5. The molecule has 4 aliphatic heterocycles. The third-order valence-electron chi connectivity index (χ3n) is 24.2. The molecule has 3 aromatic rings. The molecule has 79 heavy (non-hydrogen) atoms. The maximum Gasteiger partial charge on any atom is 0.237 e. The molecule has 0 aromatic heterocycles. The molecule has 1 spiro atoms. The van der Waals surface area contributed by atoms with E-state index in [0.717, 1.165) is 77.5 Å². The van der Waals surface area contributed by atoms with Crippen molar-refractivity contribution in [2.45, 2.75) is 218 Å². The van der Waals surface area contributed by atoms with Crippen LogP contribution in [0.15, 0.2) is 48.5 Å². The lowest BCUT2D eigenvalue weighted by Gasteiger charge is -2.54. The van der Waals surface area contributed by atoms with Crippen molar-refractivity contribution in [1.82, 2.24) is 4.90 Å². The maximum absolute atomic E-state index is 15.0. The highest BCUT2D eigenvalue weighted by molar-refractivity contribution is 6.23. The number of amides is 4. The number of carbonyl (C=O) groups excluding carboxylic acids is 4. The van der Waals surface area contributed by atoms with Gasteiger partial charge in [0.05, 0.1) is 78.2 Å². The topological polar surface area (TPSA) is 152 Å². The van der Waals surface area contributed by atoms with Crippen LogP contribution < -0.4 is 4.90 Å². The van der Waals surface area contributed by atoms with Crippen LogP contribution in [0.25, 0.3) is 0 Å². The van der Waals surface area contributed by atoms with E-state index in [2.05, 4.69) is 86.6 Å². The zero-order valence-corrected chi connectivity index (χ0v) is 48.5. The summed E-state index contributed by atoms with van der Waals surface area (Å²) in [7, 11) is 0. The van der Waals surface area contributed by atoms with Gasteiger partial charge in [-0.1, -0.05) is 78.8 Å². The maximum atomic E-state index is 15.0. The van der Waals surface area contributed by atoms with Crippen LogP contribution in [0, 0.1) is 63.6 Å². The number of rotatable bonds is 1. The van der Waals surface area contributed by atoms with Crippen LogP contribution in [0.2, 0.25) is 0 Å². The highest BCUT2D eigenvalue weighted by Crippen LogP contribution is 2.76. The van der Waals surface area contributed by atoms with Crippen molar-refractivity contribution in [3.05, 3.63) is 87.5 Å². The smallest absolute Gasteiger partial charge is 0.237 e. The molecule has 2 bridgehead atoms. The molecule has 3 aromatic carbocycles. The van der Waals surface area contributed by atoms with Gasteiger partial charge in [-0.15, -0.1) is 0 Å². The molecule has 4 amide bonds. The Kier molecular flexibility index (Phi) is 10.3. The third-order valence-corrected chi connectivity index (χ3v) is 24.2. The number of nitrogens with zero attached hydrogens (tertiary/aromatic N) is 2. The molecular formula is C67H82N2O10. The van der Waals surface area contributed by atoms with Gasteiger partial charge in [-0.25, -0.2) is 4.90 Å². The average Bonchev–Trinajstić information content (AvgIpc) is 3.26. The fourth-order valence-electron chi connectivity index (χ4n) is 21.1. The van der Waals surface area contributed by atoms with E-state index in [4.69, 9.17) is 18.9 Å². The Balaban J connectivity index is 0.689. The third kappa shape index (κ3) is 6.58. The average molecular weight is 1080 g/mol. The molecule has 10 fully saturated rings. The fraction of sp³-hybridized carbons (Fsp3) is 0.672. The van der Waals surface area contributed by atoms with E-state index >= 15 is 4.79 Å². The van der Waals surface area contributed by atoms with Crippen LogP contribution in [-0.4, -0.2) is 93.1 Å². The van der Waals surface area contributed by atoms with Crippen molar-refractivity contribution >= 4 is 29.3 Å². The Morgan fingerprint density at radius 2 is 0.810 bits per heavy atom. The molecule has 6 saturated carbocycles. The summed E-state index contributed by atoms with van der Waals surface area (Å²) in [5, 5.41) is 23.9. The summed E-state index contributed by atoms with van der Waals surface area (Å²) in [6.07, 6.45) is 6.45. The van der Waals surface area contributed by atoms with Crippen LogP contribution >= 0.6 is 0 Å². The molecule has 4 heterocycles. The van der Waals surface area contributed by atoms with Gasteiger partial charge in [0.15, 0.2) is 0 Å². The number of phenolic OH excluding ortho intramolecular Hbond substituents is 2. The predicted octanol–water partition coefficient (Wildman–Crippen LogP) is 10.8. The summed E-state index contributed by atoms with van der Waals surface area (Å²) >= 11 is 0. The van der Waals surface area contributed by atoms with Gasteiger partial charge in [-0.3, -0.25) is 24.1 Å². The number of phenols is 2. The largest absolute Gasteiger partial charge is 0.508 e. The van der Waals surface area contributed by atoms with Crippen molar-refractivity contribution in [2.75, 3.05) is 4.90 Å². The molecule has 4 saturated heterocycles.